The van der Waals surface area contributed by atoms with Gasteiger partial charge in [-0.25, -0.2) is 4.79 Å². The van der Waals surface area contributed by atoms with E-state index in [9.17, 15) is 4.79 Å². The largest absolute Gasteiger partial charge is 0.463 e. The zero-order valence-corrected chi connectivity index (χ0v) is 8.72. The molecule has 0 saturated heterocycles. The first-order valence-electron chi connectivity index (χ1n) is 4.89. The Morgan fingerprint density at radius 2 is 2.00 bits per heavy atom. The number of esters is 1. The monoisotopic (exact) mass is 202 g/mol. The summed E-state index contributed by atoms with van der Waals surface area (Å²) in [6.07, 6.45) is 16.7. The summed E-state index contributed by atoms with van der Waals surface area (Å²) in [6.45, 7) is 2.19. The molecule has 0 unspecified atom stereocenters. The average molecular weight is 202 g/mol. The van der Waals surface area contributed by atoms with Gasteiger partial charge in [-0.2, -0.15) is 0 Å². The molecule has 0 N–H and O–H groups in total. The molecule has 0 radical (unpaired) electrons. The Morgan fingerprint density at radius 3 is 2.80 bits per heavy atom. The smallest absolute Gasteiger partial charge is 0.330 e. The first-order valence-corrected chi connectivity index (χ1v) is 4.89. The lowest BCUT2D eigenvalue weighted by atomic mass is 10.2. The van der Waals surface area contributed by atoms with Crippen LogP contribution in [0.3, 0.4) is 0 Å². The van der Waals surface area contributed by atoms with Crippen molar-refractivity contribution in [2.24, 2.45) is 0 Å². The molecule has 0 aliphatic heterocycles. The summed E-state index contributed by atoms with van der Waals surface area (Å²) in [5, 5.41) is 0. The highest BCUT2D eigenvalue weighted by atomic mass is 16.5. The van der Waals surface area contributed by atoms with E-state index in [1.165, 1.54) is 6.08 Å². The SMILES string of the molecule is CCOC(=O)/C=C/C1=C/C=C\C=C\C=C\1. The Balaban J connectivity index is 2.60. The van der Waals surface area contributed by atoms with Crippen LogP contribution in [-0.4, -0.2) is 12.6 Å². The van der Waals surface area contributed by atoms with Gasteiger partial charge in [-0.1, -0.05) is 42.5 Å². The van der Waals surface area contributed by atoms with Crippen LogP contribution < -0.4 is 0 Å². The number of carbonyl (C=O) groups is 1. The van der Waals surface area contributed by atoms with E-state index in [2.05, 4.69) is 0 Å². The lowest BCUT2D eigenvalue weighted by molar-refractivity contribution is -0.137. The lowest BCUT2D eigenvalue weighted by Crippen LogP contribution is -1.98. The molecule has 2 heteroatoms. The average Bonchev–Trinajstić information content (AvgIpc) is 2.16. The van der Waals surface area contributed by atoms with Crippen molar-refractivity contribution < 1.29 is 9.53 Å². The van der Waals surface area contributed by atoms with Crippen molar-refractivity contribution in [1.29, 1.82) is 0 Å². The second-order valence-electron chi connectivity index (χ2n) is 2.88. The van der Waals surface area contributed by atoms with E-state index in [0.29, 0.717) is 6.61 Å². The molecule has 0 spiro atoms. The van der Waals surface area contributed by atoms with Crippen LogP contribution in [-0.2, 0) is 9.53 Å². The molecular weight excluding hydrogens is 188 g/mol. The van der Waals surface area contributed by atoms with E-state index in [0.717, 1.165) is 5.57 Å². The van der Waals surface area contributed by atoms with Crippen molar-refractivity contribution in [1.82, 2.24) is 0 Å². The van der Waals surface area contributed by atoms with Crippen molar-refractivity contribution >= 4 is 5.97 Å². The maximum absolute atomic E-state index is 11.0. The fourth-order valence-electron chi connectivity index (χ4n) is 1.05. The molecule has 78 valence electrons. The molecule has 0 atom stereocenters. The maximum Gasteiger partial charge on any atom is 0.330 e. The van der Waals surface area contributed by atoms with E-state index < -0.39 is 0 Å². The van der Waals surface area contributed by atoms with Crippen LogP contribution >= 0.6 is 0 Å². The van der Waals surface area contributed by atoms with Gasteiger partial charge in [0, 0.05) is 6.08 Å². The molecule has 15 heavy (non-hydrogen) atoms. The second kappa shape index (κ2) is 6.60. The normalized spacial score (nSPS) is 24.7. The summed E-state index contributed by atoms with van der Waals surface area (Å²) in [6, 6.07) is 0. The van der Waals surface area contributed by atoms with Crippen molar-refractivity contribution in [2.45, 2.75) is 6.92 Å². The third-order valence-corrected chi connectivity index (χ3v) is 1.72. The zero-order chi connectivity index (χ0) is 10.9. The fraction of sp³-hybridized carbons (Fsp3) is 0.154. The van der Waals surface area contributed by atoms with E-state index in [4.69, 9.17) is 4.74 Å². The minimum Gasteiger partial charge on any atom is -0.463 e. The second-order valence-corrected chi connectivity index (χ2v) is 2.88. The molecule has 2 nitrogen and oxygen atoms in total. The molecule has 0 fully saturated rings. The van der Waals surface area contributed by atoms with Gasteiger partial charge in [-0.05, 0) is 18.6 Å². The number of carbonyl (C=O) groups excluding carboxylic acids is 1. The third kappa shape index (κ3) is 4.81. The Kier molecular flexibility index (Phi) is 4.95. The van der Waals surface area contributed by atoms with Crippen LogP contribution in [0, 0.1) is 0 Å². The van der Waals surface area contributed by atoms with Crippen LogP contribution in [0.1, 0.15) is 6.92 Å². The summed E-state index contributed by atoms with van der Waals surface area (Å²) < 4.78 is 4.78. The van der Waals surface area contributed by atoms with Crippen LogP contribution in [0.25, 0.3) is 0 Å². The highest BCUT2D eigenvalue weighted by Crippen LogP contribution is 2.03. The van der Waals surface area contributed by atoms with Gasteiger partial charge in [-0.15, -0.1) is 0 Å². The quantitative estimate of drug-likeness (QED) is 0.519. The first-order chi connectivity index (χ1) is 7.33. The summed E-state index contributed by atoms with van der Waals surface area (Å²) in [5.41, 5.74) is 0.962. The highest BCUT2D eigenvalue weighted by molar-refractivity contribution is 5.82. The number of allylic oxidation sites excluding steroid dienone is 9. The van der Waals surface area contributed by atoms with Gasteiger partial charge in [0.1, 0.15) is 0 Å². The molecule has 1 rings (SSSR count). The van der Waals surface area contributed by atoms with Gasteiger partial charge >= 0.3 is 5.97 Å². The van der Waals surface area contributed by atoms with Gasteiger partial charge in [0.25, 0.3) is 0 Å². The molecule has 0 bridgehead atoms. The van der Waals surface area contributed by atoms with Crippen LogP contribution in [0.5, 0.6) is 0 Å². The minimum absolute atomic E-state index is 0.312. The molecule has 0 heterocycles. The Morgan fingerprint density at radius 1 is 1.27 bits per heavy atom. The van der Waals surface area contributed by atoms with Crippen molar-refractivity contribution in [2.75, 3.05) is 6.61 Å². The molecule has 0 saturated carbocycles. The summed E-state index contributed by atoms with van der Waals surface area (Å²) in [7, 11) is 0. The molecule has 0 aromatic heterocycles. The predicted molar refractivity (Wildman–Crippen MR) is 61.3 cm³/mol. The van der Waals surface area contributed by atoms with Crippen molar-refractivity contribution in [3.63, 3.8) is 0 Å². The van der Waals surface area contributed by atoms with Crippen LogP contribution in [0.15, 0.2) is 60.3 Å². The van der Waals surface area contributed by atoms with Crippen LogP contribution in [0.2, 0.25) is 0 Å². The molecule has 0 aromatic carbocycles. The highest BCUT2D eigenvalue weighted by Gasteiger charge is 1.93. The number of rotatable bonds is 3. The number of ether oxygens (including phenoxy) is 1. The predicted octanol–water partition coefficient (Wildman–Crippen LogP) is 2.71. The van der Waals surface area contributed by atoms with Crippen molar-refractivity contribution in [3.05, 3.63) is 60.3 Å². The summed E-state index contributed by atoms with van der Waals surface area (Å²) in [4.78, 5) is 11.0. The first kappa shape index (κ1) is 11.2. The summed E-state index contributed by atoms with van der Waals surface area (Å²) in [5.74, 6) is -0.312. The minimum atomic E-state index is -0.312. The van der Waals surface area contributed by atoms with Gasteiger partial charge in [-0.3, -0.25) is 0 Å². The molecule has 1 aliphatic carbocycles. The molecular formula is C13H14O2. The zero-order valence-electron chi connectivity index (χ0n) is 8.72. The van der Waals surface area contributed by atoms with Crippen LogP contribution in [0.4, 0.5) is 0 Å². The summed E-state index contributed by atoms with van der Waals surface area (Å²) >= 11 is 0. The van der Waals surface area contributed by atoms with Gasteiger partial charge in [0.15, 0.2) is 0 Å². The molecule has 0 amide bonds. The molecule has 1 aliphatic rings. The number of hydrogen-bond donors (Lipinski definition) is 0. The maximum atomic E-state index is 11.0. The standard InChI is InChI=1S/C13H14O2/c1-2-15-13(14)11-10-12-8-6-4-3-5-7-9-12/h3-11H,2H2,1H3/b4-3+,5-3?,6-4?,7-5-,8-6+,9-7?,11-10+,12-8?,12-9+. The van der Waals surface area contributed by atoms with Crippen molar-refractivity contribution in [3.8, 4) is 0 Å². The van der Waals surface area contributed by atoms with Gasteiger partial charge in [0.2, 0.25) is 0 Å². The van der Waals surface area contributed by atoms with E-state index in [1.54, 1.807) is 13.0 Å². The third-order valence-electron chi connectivity index (χ3n) is 1.72. The van der Waals surface area contributed by atoms with Gasteiger partial charge in [0.05, 0.1) is 6.61 Å². The Hall–Kier alpha value is -1.83. The van der Waals surface area contributed by atoms with E-state index >= 15 is 0 Å². The lowest BCUT2D eigenvalue weighted by Gasteiger charge is -1.96. The van der Waals surface area contributed by atoms with E-state index in [-0.39, 0.29) is 5.97 Å². The van der Waals surface area contributed by atoms with E-state index in [1.807, 2.05) is 42.5 Å². The Labute approximate surface area is 89.9 Å². The topological polar surface area (TPSA) is 26.3 Å². The Bertz CT molecular complexity index is 355. The van der Waals surface area contributed by atoms with Gasteiger partial charge < -0.3 is 4.74 Å². The fourth-order valence-corrected chi connectivity index (χ4v) is 1.05. The number of hydrogen-bond acceptors (Lipinski definition) is 2. The molecule has 0 aromatic rings.